The highest BCUT2D eigenvalue weighted by molar-refractivity contribution is 5.81. The minimum Gasteiger partial charge on any atom is -0.481 e. The highest BCUT2D eigenvalue weighted by Gasteiger charge is 2.43. The molecule has 2 aliphatic heterocycles. The lowest BCUT2D eigenvalue weighted by Gasteiger charge is -2.33. The fourth-order valence-corrected chi connectivity index (χ4v) is 3.33. The van der Waals surface area contributed by atoms with Gasteiger partial charge in [-0.3, -0.25) is 4.79 Å². The van der Waals surface area contributed by atoms with Crippen molar-refractivity contribution in [2.24, 2.45) is 11.8 Å². The molecule has 1 aromatic rings. The number of carboxylic acids is 1. The van der Waals surface area contributed by atoms with Crippen LogP contribution in [0.5, 0.6) is 5.88 Å². The average Bonchev–Trinajstić information content (AvgIpc) is 3.12. The summed E-state index contributed by atoms with van der Waals surface area (Å²) in [5.74, 6) is -0.659. The van der Waals surface area contributed by atoms with E-state index in [4.69, 9.17) is 19.4 Å². The van der Waals surface area contributed by atoms with E-state index in [0.717, 1.165) is 25.3 Å². The molecule has 0 spiro atoms. The molecule has 0 aromatic carbocycles. The lowest BCUT2D eigenvalue weighted by molar-refractivity contribution is -0.192. The molecule has 0 radical (unpaired) electrons. The number of halogens is 3. The first kappa shape index (κ1) is 22.7. The van der Waals surface area contributed by atoms with Crippen LogP contribution in [0.15, 0.2) is 12.4 Å². The molecule has 0 unspecified atom stereocenters. The summed E-state index contributed by atoms with van der Waals surface area (Å²) < 4.78 is 42.0. The number of ether oxygens (including phenoxy) is 2. The van der Waals surface area contributed by atoms with E-state index >= 15 is 0 Å². The van der Waals surface area contributed by atoms with Gasteiger partial charge in [0.25, 0.3) is 0 Å². The maximum Gasteiger partial charge on any atom is 0.490 e. The van der Waals surface area contributed by atoms with Crippen molar-refractivity contribution in [1.29, 1.82) is 0 Å². The van der Waals surface area contributed by atoms with E-state index < -0.39 is 12.1 Å². The van der Waals surface area contributed by atoms with E-state index in [9.17, 15) is 18.0 Å². The smallest absolute Gasteiger partial charge is 0.481 e. The first-order chi connectivity index (χ1) is 13.7. The lowest BCUT2D eigenvalue weighted by atomic mass is 9.88. The van der Waals surface area contributed by atoms with E-state index in [2.05, 4.69) is 14.9 Å². The topological polar surface area (TPSA) is 105 Å². The molecular weight excluding hydrogens is 397 g/mol. The van der Waals surface area contributed by atoms with Gasteiger partial charge in [-0.25, -0.2) is 14.8 Å². The number of hydrogen-bond donors (Lipinski definition) is 1. The first-order valence-corrected chi connectivity index (χ1v) is 8.86. The second-order valence-corrected chi connectivity index (χ2v) is 6.60. The number of amides is 1. The van der Waals surface area contributed by atoms with Crippen LogP contribution in [0, 0.1) is 11.8 Å². The van der Waals surface area contributed by atoms with Crippen molar-refractivity contribution < 1.29 is 37.3 Å². The van der Waals surface area contributed by atoms with Gasteiger partial charge in [0.15, 0.2) is 0 Å². The zero-order valence-corrected chi connectivity index (χ0v) is 16.1. The Balaban J connectivity index is 0.000000370. The summed E-state index contributed by atoms with van der Waals surface area (Å²) in [7, 11) is 3.25. The average molecular weight is 420 g/mol. The van der Waals surface area contributed by atoms with E-state index in [-0.39, 0.29) is 11.8 Å². The number of carbonyl (C=O) groups is 2. The summed E-state index contributed by atoms with van der Waals surface area (Å²) in [5.41, 5.74) is 0. The number of anilines is 1. The predicted molar refractivity (Wildman–Crippen MR) is 94.5 cm³/mol. The summed E-state index contributed by atoms with van der Waals surface area (Å²) >= 11 is 0. The third-order valence-electron chi connectivity index (χ3n) is 4.81. The number of fused-ring (bicyclic) bond motifs is 1. The van der Waals surface area contributed by atoms with Gasteiger partial charge in [-0.05, 0) is 12.3 Å². The Morgan fingerprint density at radius 3 is 2.59 bits per heavy atom. The van der Waals surface area contributed by atoms with Crippen molar-refractivity contribution in [3.05, 3.63) is 12.4 Å². The molecule has 2 fully saturated rings. The molecule has 2 atom stereocenters. The number of hydrogen-bond acceptors (Lipinski definition) is 7. The molecule has 0 bridgehead atoms. The van der Waals surface area contributed by atoms with Gasteiger partial charge >= 0.3 is 12.1 Å². The van der Waals surface area contributed by atoms with E-state index in [1.165, 1.54) is 6.33 Å². The van der Waals surface area contributed by atoms with Gasteiger partial charge in [0.2, 0.25) is 11.8 Å². The van der Waals surface area contributed by atoms with Crippen molar-refractivity contribution in [3.8, 4) is 5.88 Å². The van der Waals surface area contributed by atoms with Crippen LogP contribution in [-0.2, 0) is 14.3 Å². The van der Waals surface area contributed by atoms with Gasteiger partial charge in [0.1, 0.15) is 12.1 Å². The molecule has 0 saturated carbocycles. The van der Waals surface area contributed by atoms with E-state index in [1.807, 2.05) is 11.0 Å². The maximum atomic E-state index is 12.6. The Kier molecular flexibility index (Phi) is 7.59. The largest absolute Gasteiger partial charge is 0.490 e. The van der Waals surface area contributed by atoms with Gasteiger partial charge in [-0.15, -0.1) is 0 Å². The summed E-state index contributed by atoms with van der Waals surface area (Å²) in [5, 5.41) is 7.12. The van der Waals surface area contributed by atoms with E-state index in [0.29, 0.717) is 31.5 Å². The zero-order valence-electron chi connectivity index (χ0n) is 16.1. The molecule has 29 heavy (non-hydrogen) atoms. The Hall–Kier alpha value is -2.63. The first-order valence-electron chi connectivity index (χ1n) is 8.86. The predicted octanol–water partition coefficient (Wildman–Crippen LogP) is 1.05. The maximum absolute atomic E-state index is 12.6. The van der Waals surface area contributed by atoms with Crippen LogP contribution in [0.4, 0.5) is 19.0 Å². The Labute approximate surface area is 165 Å². The summed E-state index contributed by atoms with van der Waals surface area (Å²) in [6.07, 6.45) is -2.54. The van der Waals surface area contributed by atoms with Crippen LogP contribution in [-0.4, -0.2) is 85.0 Å². The molecule has 0 aliphatic carbocycles. The molecule has 2 saturated heterocycles. The number of methoxy groups -OCH3 is 2. The SMILES string of the molecule is COCCN1CC[C@H]2CN(c3cc(OC)ncn3)C[C@@H]2C1=O.O=C(O)C(F)(F)F. The number of alkyl halides is 3. The van der Waals surface area contributed by atoms with Crippen molar-refractivity contribution >= 4 is 17.7 Å². The quantitative estimate of drug-likeness (QED) is 0.754. The third kappa shape index (κ3) is 5.92. The van der Waals surface area contributed by atoms with Gasteiger partial charge in [-0.2, -0.15) is 13.2 Å². The van der Waals surface area contributed by atoms with Crippen molar-refractivity contribution in [1.82, 2.24) is 14.9 Å². The molecule has 3 rings (SSSR count). The normalized spacial score (nSPS) is 21.3. The monoisotopic (exact) mass is 420 g/mol. The van der Waals surface area contributed by atoms with Gasteiger partial charge in [0.05, 0.1) is 19.6 Å². The van der Waals surface area contributed by atoms with Gasteiger partial charge in [-0.1, -0.05) is 0 Å². The second kappa shape index (κ2) is 9.72. The molecule has 162 valence electrons. The number of likely N-dealkylation sites (tertiary alicyclic amines) is 1. The number of carbonyl (C=O) groups excluding carboxylic acids is 1. The second-order valence-electron chi connectivity index (χ2n) is 6.60. The molecule has 12 heteroatoms. The standard InChI is InChI=1S/C15H22N4O3.C2HF3O2/c1-21-6-5-18-4-3-11-8-19(9-12(11)15(18)20)13-7-14(22-2)17-10-16-13;3-2(4,5)1(6)7/h7,10-12H,3-6,8-9H2,1-2H3;(H,6,7)/t11-,12-;/m0./s1. The van der Waals surface area contributed by atoms with Gasteiger partial charge < -0.3 is 24.4 Å². The van der Waals surface area contributed by atoms with Crippen LogP contribution in [0.2, 0.25) is 0 Å². The molecule has 3 heterocycles. The third-order valence-corrected chi connectivity index (χ3v) is 4.81. The Morgan fingerprint density at radius 2 is 2.00 bits per heavy atom. The van der Waals surface area contributed by atoms with Gasteiger partial charge in [0, 0.05) is 39.4 Å². The van der Waals surface area contributed by atoms with Crippen molar-refractivity contribution in [3.63, 3.8) is 0 Å². The fourth-order valence-electron chi connectivity index (χ4n) is 3.33. The molecule has 1 aromatic heterocycles. The Bertz CT molecular complexity index is 719. The number of aliphatic carboxylic acids is 1. The molecule has 9 nitrogen and oxygen atoms in total. The highest BCUT2D eigenvalue weighted by atomic mass is 19.4. The van der Waals surface area contributed by atoms with Crippen LogP contribution in [0.3, 0.4) is 0 Å². The summed E-state index contributed by atoms with van der Waals surface area (Å²) in [6, 6.07) is 1.82. The van der Waals surface area contributed by atoms with Crippen LogP contribution in [0.1, 0.15) is 6.42 Å². The summed E-state index contributed by atoms with van der Waals surface area (Å²) in [4.78, 5) is 33.9. The molecule has 2 aliphatic rings. The lowest BCUT2D eigenvalue weighted by Crippen LogP contribution is -2.46. The number of carboxylic acid groups (broad SMARTS) is 1. The highest BCUT2D eigenvalue weighted by Crippen LogP contribution is 2.34. The molecular formula is C17H23F3N4O5. The minimum absolute atomic E-state index is 0.0616. The Morgan fingerprint density at radius 1 is 1.31 bits per heavy atom. The van der Waals surface area contributed by atoms with Crippen LogP contribution >= 0.6 is 0 Å². The summed E-state index contributed by atoms with van der Waals surface area (Å²) in [6.45, 7) is 3.68. The number of aromatic nitrogens is 2. The minimum atomic E-state index is -5.08. The fraction of sp³-hybridized carbons (Fsp3) is 0.647. The van der Waals surface area contributed by atoms with Crippen LogP contribution < -0.4 is 9.64 Å². The zero-order chi connectivity index (χ0) is 21.6. The van der Waals surface area contributed by atoms with Crippen molar-refractivity contribution in [2.75, 3.05) is 51.9 Å². The van der Waals surface area contributed by atoms with Crippen molar-refractivity contribution in [2.45, 2.75) is 12.6 Å². The number of rotatable bonds is 5. The van der Waals surface area contributed by atoms with Crippen LogP contribution in [0.25, 0.3) is 0 Å². The molecule has 1 amide bonds. The number of nitrogens with zero attached hydrogens (tertiary/aromatic N) is 4. The van der Waals surface area contributed by atoms with E-state index in [1.54, 1.807) is 14.2 Å². The molecule has 1 N–H and O–H groups in total. The number of piperidine rings is 1.